The van der Waals surface area contributed by atoms with Crippen LogP contribution < -0.4 is 10.1 Å². The van der Waals surface area contributed by atoms with Crippen LogP contribution in [0, 0.1) is 0 Å². The van der Waals surface area contributed by atoms with Gasteiger partial charge in [0.15, 0.2) is 6.61 Å². The van der Waals surface area contributed by atoms with Crippen molar-refractivity contribution in [2.45, 2.75) is 19.0 Å². The Labute approximate surface area is 195 Å². The highest BCUT2D eigenvalue weighted by atomic mass is 16.5. The topological polar surface area (TPSA) is 67.9 Å². The zero-order valence-electron chi connectivity index (χ0n) is 18.9. The van der Waals surface area contributed by atoms with Gasteiger partial charge in [-0.05, 0) is 23.3 Å². The highest BCUT2D eigenvalue weighted by Gasteiger charge is 2.30. The predicted octanol–water partition coefficient (Wildman–Crippen LogP) is 3.47. The molecule has 3 rings (SSSR count). The summed E-state index contributed by atoms with van der Waals surface area (Å²) < 4.78 is 10.8. The number of hydrogen-bond acceptors (Lipinski definition) is 4. The Morgan fingerprint density at radius 3 is 2.03 bits per heavy atom. The van der Waals surface area contributed by atoms with Crippen molar-refractivity contribution in [2.75, 3.05) is 26.9 Å². The molecule has 6 nitrogen and oxygen atoms in total. The third-order valence-electron chi connectivity index (χ3n) is 5.18. The van der Waals surface area contributed by atoms with Crippen LogP contribution in [-0.2, 0) is 27.3 Å². The largest absolute Gasteiger partial charge is 0.484 e. The number of hydrogen-bond donors (Lipinski definition) is 1. The maximum atomic E-state index is 13.4. The maximum absolute atomic E-state index is 13.4. The van der Waals surface area contributed by atoms with E-state index >= 15 is 0 Å². The molecule has 0 aliphatic heterocycles. The molecule has 0 fully saturated rings. The molecule has 172 valence electrons. The average Bonchev–Trinajstić information content (AvgIpc) is 2.86. The van der Waals surface area contributed by atoms with Gasteiger partial charge in [0.05, 0.1) is 6.61 Å². The molecular formula is C27H30N2O4. The van der Waals surface area contributed by atoms with E-state index in [1.165, 1.54) is 0 Å². The van der Waals surface area contributed by atoms with Gasteiger partial charge in [-0.1, -0.05) is 78.9 Å². The van der Waals surface area contributed by atoms with Crippen molar-refractivity contribution in [2.24, 2.45) is 0 Å². The van der Waals surface area contributed by atoms with E-state index in [2.05, 4.69) is 5.32 Å². The second kappa shape index (κ2) is 13.0. The molecule has 2 amide bonds. The number of amides is 2. The molecule has 0 aliphatic carbocycles. The molecule has 0 radical (unpaired) electrons. The molecule has 1 N–H and O–H groups in total. The SMILES string of the molecule is COCCNC(=O)[C@@H](Cc1ccccc1)N(Cc1ccccc1)C(=O)COc1ccccc1. The molecule has 0 bridgehead atoms. The van der Waals surface area contributed by atoms with Gasteiger partial charge in [0.2, 0.25) is 5.91 Å². The number of rotatable bonds is 12. The molecule has 0 aromatic heterocycles. The zero-order chi connectivity index (χ0) is 23.3. The number of benzene rings is 3. The lowest BCUT2D eigenvalue weighted by atomic mass is 10.0. The summed E-state index contributed by atoms with van der Waals surface area (Å²) in [5.41, 5.74) is 1.91. The van der Waals surface area contributed by atoms with Crippen molar-refractivity contribution < 1.29 is 19.1 Å². The predicted molar refractivity (Wildman–Crippen MR) is 128 cm³/mol. The Morgan fingerprint density at radius 1 is 0.848 bits per heavy atom. The maximum Gasteiger partial charge on any atom is 0.261 e. The van der Waals surface area contributed by atoms with Gasteiger partial charge in [0.1, 0.15) is 11.8 Å². The smallest absolute Gasteiger partial charge is 0.261 e. The molecule has 6 heteroatoms. The fourth-order valence-corrected chi connectivity index (χ4v) is 3.47. The van der Waals surface area contributed by atoms with Gasteiger partial charge in [0.25, 0.3) is 5.91 Å². The second-order valence-corrected chi connectivity index (χ2v) is 7.60. The second-order valence-electron chi connectivity index (χ2n) is 7.60. The van der Waals surface area contributed by atoms with E-state index in [1.807, 2.05) is 78.9 Å². The number of nitrogens with zero attached hydrogens (tertiary/aromatic N) is 1. The number of carbonyl (C=O) groups is 2. The Bertz CT molecular complexity index is 981. The highest BCUT2D eigenvalue weighted by molar-refractivity contribution is 5.88. The summed E-state index contributed by atoms with van der Waals surface area (Å²) >= 11 is 0. The van der Waals surface area contributed by atoms with E-state index in [4.69, 9.17) is 9.47 Å². The molecule has 0 saturated heterocycles. The van der Waals surface area contributed by atoms with Crippen molar-refractivity contribution in [1.82, 2.24) is 10.2 Å². The zero-order valence-corrected chi connectivity index (χ0v) is 18.9. The minimum Gasteiger partial charge on any atom is -0.484 e. The van der Waals surface area contributed by atoms with Crippen molar-refractivity contribution in [3.8, 4) is 5.75 Å². The number of ether oxygens (including phenoxy) is 2. The molecule has 0 saturated carbocycles. The average molecular weight is 447 g/mol. The number of para-hydroxylation sites is 1. The van der Waals surface area contributed by atoms with Gasteiger partial charge in [-0.3, -0.25) is 9.59 Å². The first-order valence-electron chi connectivity index (χ1n) is 11.0. The van der Waals surface area contributed by atoms with Gasteiger partial charge in [-0.2, -0.15) is 0 Å². The fourth-order valence-electron chi connectivity index (χ4n) is 3.47. The lowest BCUT2D eigenvalue weighted by Crippen LogP contribution is -2.52. The van der Waals surface area contributed by atoms with Crippen molar-refractivity contribution in [1.29, 1.82) is 0 Å². The van der Waals surface area contributed by atoms with Crippen molar-refractivity contribution >= 4 is 11.8 Å². The summed E-state index contributed by atoms with van der Waals surface area (Å²) in [5, 5.41) is 2.90. The molecule has 0 heterocycles. The van der Waals surface area contributed by atoms with Crippen molar-refractivity contribution in [3.05, 3.63) is 102 Å². The summed E-state index contributed by atoms with van der Waals surface area (Å²) in [5.74, 6) is 0.125. The van der Waals surface area contributed by atoms with Crippen LogP contribution in [0.25, 0.3) is 0 Å². The quantitative estimate of drug-likeness (QED) is 0.433. The van der Waals surface area contributed by atoms with Gasteiger partial charge >= 0.3 is 0 Å². The third kappa shape index (κ3) is 7.77. The van der Waals surface area contributed by atoms with E-state index in [0.29, 0.717) is 31.9 Å². The first kappa shape index (κ1) is 24.0. The normalized spacial score (nSPS) is 11.4. The van der Waals surface area contributed by atoms with E-state index in [0.717, 1.165) is 11.1 Å². The van der Waals surface area contributed by atoms with E-state index < -0.39 is 6.04 Å². The minimum absolute atomic E-state index is 0.159. The van der Waals surface area contributed by atoms with Crippen LogP contribution in [0.15, 0.2) is 91.0 Å². The molecular weight excluding hydrogens is 416 g/mol. The fraction of sp³-hybridized carbons (Fsp3) is 0.259. The van der Waals surface area contributed by atoms with Gasteiger partial charge in [-0.15, -0.1) is 0 Å². The van der Waals surface area contributed by atoms with Crippen LogP contribution in [0.4, 0.5) is 0 Å². The molecule has 3 aromatic rings. The Balaban J connectivity index is 1.85. The van der Waals surface area contributed by atoms with Crippen LogP contribution in [-0.4, -0.2) is 49.6 Å². The number of carbonyl (C=O) groups excluding carboxylic acids is 2. The minimum atomic E-state index is -0.698. The Kier molecular flexibility index (Phi) is 9.48. The molecule has 1 atom stereocenters. The summed E-state index contributed by atoms with van der Waals surface area (Å²) in [6, 6.07) is 27.8. The standard InChI is InChI=1S/C27H30N2O4/c1-32-18-17-28-27(31)25(19-22-11-5-2-6-12-22)29(20-23-13-7-3-8-14-23)26(30)21-33-24-15-9-4-10-16-24/h2-16,25H,17-21H2,1H3,(H,28,31)/t25-/m1/s1. The Hall–Kier alpha value is -3.64. The molecule has 0 aliphatic rings. The first-order chi connectivity index (χ1) is 16.2. The lowest BCUT2D eigenvalue weighted by Gasteiger charge is -2.31. The van der Waals surface area contributed by atoms with Gasteiger partial charge < -0.3 is 19.7 Å². The molecule has 3 aromatic carbocycles. The van der Waals surface area contributed by atoms with E-state index in [9.17, 15) is 9.59 Å². The van der Waals surface area contributed by atoms with E-state index in [-0.39, 0.29) is 18.4 Å². The lowest BCUT2D eigenvalue weighted by molar-refractivity contribution is -0.142. The summed E-state index contributed by atoms with van der Waals surface area (Å²) in [6.45, 7) is 0.905. The van der Waals surface area contributed by atoms with E-state index in [1.54, 1.807) is 24.1 Å². The number of nitrogens with one attached hydrogen (secondary N) is 1. The van der Waals surface area contributed by atoms with Crippen LogP contribution in [0.5, 0.6) is 5.75 Å². The summed E-state index contributed by atoms with van der Waals surface area (Å²) in [7, 11) is 1.58. The van der Waals surface area contributed by atoms with Gasteiger partial charge in [-0.25, -0.2) is 0 Å². The highest BCUT2D eigenvalue weighted by Crippen LogP contribution is 2.16. The first-order valence-corrected chi connectivity index (χ1v) is 11.0. The molecule has 0 spiro atoms. The van der Waals surface area contributed by atoms with Crippen LogP contribution in [0.3, 0.4) is 0 Å². The molecule has 33 heavy (non-hydrogen) atoms. The van der Waals surface area contributed by atoms with Crippen molar-refractivity contribution in [3.63, 3.8) is 0 Å². The monoisotopic (exact) mass is 446 g/mol. The van der Waals surface area contributed by atoms with Crippen LogP contribution in [0.1, 0.15) is 11.1 Å². The summed E-state index contributed by atoms with van der Waals surface area (Å²) in [4.78, 5) is 28.2. The van der Waals surface area contributed by atoms with Gasteiger partial charge in [0, 0.05) is 26.6 Å². The molecule has 0 unspecified atom stereocenters. The van der Waals surface area contributed by atoms with Crippen LogP contribution >= 0.6 is 0 Å². The third-order valence-corrected chi connectivity index (χ3v) is 5.18. The van der Waals surface area contributed by atoms with Crippen LogP contribution in [0.2, 0.25) is 0 Å². The summed E-state index contributed by atoms with van der Waals surface area (Å²) in [6.07, 6.45) is 0.392. The Morgan fingerprint density at radius 2 is 1.42 bits per heavy atom. The number of methoxy groups -OCH3 is 1.